The Kier molecular flexibility index (Phi) is 7.17. The van der Waals surface area contributed by atoms with Crippen molar-refractivity contribution in [3.63, 3.8) is 0 Å². The van der Waals surface area contributed by atoms with E-state index in [0.717, 1.165) is 11.6 Å². The number of nitro groups is 1. The van der Waals surface area contributed by atoms with Crippen molar-refractivity contribution in [2.75, 3.05) is 42.3 Å². The van der Waals surface area contributed by atoms with E-state index in [1.165, 1.54) is 17.0 Å². The number of halogens is 3. The van der Waals surface area contributed by atoms with Crippen molar-refractivity contribution in [3.05, 3.63) is 57.6 Å². The Hall–Kier alpha value is -2.86. The number of nitrogens with zero attached hydrogens (tertiary/aromatic N) is 3. The first-order chi connectivity index (χ1) is 15.4. The van der Waals surface area contributed by atoms with Crippen molar-refractivity contribution in [3.8, 4) is 0 Å². The van der Waals surface area contributed by atoms with E-state index < -0.39 is 33.4 Å². The van der Waals surface area contributed by atoms with Gasteiger partial charge in [-0.3, -0.25) is 19.7 Å². The molecular weight excluding hydrogens is 461 g/mol. The number of nitro benzene ring substituents is 1. The van der Waals surface area contributed by atoms with Gasteiger partial charge in [-0.15, -0.1) is 0 Å². The summed E-state index contributed by atoms with van der Waals surface area (Å²) in [5, 5.41) is 11.7. The molecule has 0 spiro atoms. The standard InChI is InChI=1S/C21H25F3N4O4S/c1-15-4-6-18(16(2)12-15)25-33(31,32)17-5-7-19(20(13-17)28(29)30)27-9-3-8-26(10-11-27)14-21(22,23)24/h4-7,12-13,25H,3,8-11,14H2,1-2H3. The van der Waals surface area contributed by atoms with Gasteiger partial charge in [-0.2, -0.15) is 13.2 Å². The average molecular weight is 487 g/mol. The fourth-order valence-corrected chi connectivity index (χ4v) is 4.99. The highest BCUT2D eigenvalue weighted by Gasteiger charge is 2.32. The van der Waals surface area contributed by atoms with Crippen LogP contribution >= 0.6 is 0 Å². The molecule has 1 N–H and O–H groups in total. The molecule has 0 atom stereocenters. The zero-order chi connectivity index (χ0) is 24.4. The van der Waals surface area contributed by atoms with E-state index in [-0.39, 0.29) is 30.2 Å². The number of anilines is 2. The Labute approximate surface area is 190 Å². The van der Waals surface area contributed by atoms with Crippen molar-refractivity contribution in [1.29, 1.82) is 0 Å². The number of sulfonamides is 1. The molecule has 0 unspecified atom stereocenters. The molecule has 1 heterocycles. The quantitative estimate of drug-likeness (QED) is 0.488. The fraction of sp³-hybridized carbons (Fsp3) is 0.429. The van der Waals surface area contributed by atoms with Gasteiger partial charge in [0.15, 0.2) is 0 Å². The Morgan fingerprint density at radius 3 is 2.42 bits per heavy atom. The number of nitrogens with one attached hydrogen (secondary N) is 1. The lowest BCUT2D eigenvalue weighted by Crippen LogP contribution is -2.37. The van der Waals surface area contributed by atoms with Gasteiger partial charge in [-0.25, -0.2) is 8.42 Å². The molecule has 0 bridgehead atoms. The topological polar surface area (TPSA) is 95.8 Å². The number of alkyl halides is 3. The van der Waals surface area contributed by atoms with Crippen LogP contribution in [0, 0.1) is 24.0 Å². The maximum Gasteiger partial charge on any atom is 0.401 e. The molecule has 33 heavy (non-hydrogen) atoms. The van der Waals surface area contributed by atoms with Crippen LogP contribution in [0.15, 0.2) is 41.3 Å². The minimum Gasteiger partial charge on any atom is -0.365 e. The van der Waals surface area contributed by atoms with Gasteiger partial charge in [-0.05, 0) is 44.0 Å². The minimum atomic E-state index is -4.32. The van der Waals surface area contributed by atoms with E-state index in [1.807, 2.05) is 13.0 Å². The summed E-state index contributed by atoms with van der Waals surface area (Å²) in [6.45, 7) is 3.37. The van der Waals surface area contributed by atoms with E-state index in [2.05, 4.69) is 4.72 Å². The van der Waals surface area contributed by atoms with Gasteiger partial charge >= 0.3 is 6.18 Å². The molecule has 0 radical (unpaired) electrons. The van der Waals surface area contributed by atoms with Crippen molar-refractivity contribution >= 4 is 27.1 Å². The van der Waals surface area contributed by atoms with Crippen LogP contribution < -0.4 is 9.62 Å². The number of hydrogen-bond acceptors (Lipinski definition) is 6. The number of hydrogen-bond donors (Lipinski definition) is 1. The Balaban J connectivity index is 1.85. The lowest BCUT2D eigenvalue weighted by Gasteiger charge is -2.24. The Bertz CT molecular complexity index is 1140. The molecule has 2 aromatic rings. The van der Waals surface area contributed by atoms with E-state index in [4.69, 9.17) is 0 Å². The van der Waals surface area contributed by atoms with Crippen LogP contribution in [0.1, 0.15) is 17.5 Å². The molecule has 0 saturated carbocycles. The van der Waals surface area contributed by atoms with Crippen molar-refractivity contribution in [1.82, 2.24) is 4.90 Å². The zero-order valence-electron chi connectivity index (χ0n) is 18.2. The van der Waals surface area contributed by atoms with Crippen LogP contribution in [0.3, 0.4) is 0 Å². The van der Waals surface area contributed by atoms with E-state index in [9.17, 15) is 31.7 Å². The predicted molar refractivity (Wildman–Crippen MR) is 119 cm³/mol. The summed E-state index contributed by atoms with van der Waals surface area (Å²) in [5.74, 6) is 0. The molecule has 1 aliphatic rings. The van der Waals surface area contributed by atoms with Gasteiger partial charge in [0.05, 0.1) is 22.1 Å². The predicted octanol–water partition coefficient (Wildman–Crippen LogP) is 4.09. The summed E-state index contributed by atoms with van der Waals surface area (Å²) >= 11 is 0. The molecule has 3 rings (SSSR count). The van der Waals surface area contributed by atoms with E-state index in [1.54, 1.807) is 24.0 Å². The third kappa shape index (κ3) is 6.35. The summed E-state index contributed by atoms with van der Waals surface area (Å²) in [6.07, 6.45) is -3.93. The van der Waals surface area contributed by atoms with Gasteiger partial charge < -0.3 is 4.90 Å². The monoisotopic (exact) mass is 486 g/mol. The van der Waals surface area contributed by atoms with Crippen LogP contribution in [0.2, 0.25) is 0 Å². The molecule has 0 amide bonds. The molecule has 0 aromatic heterocycles. The van der Waals surface area contributed by atoms with Crippen LogP contribution in [-0.2, 0) is 10.0 Å². The van der Waals surface area contributed by atoms with Gasteiger partial charge in [0.2, 0.25) is 0 Å². The number of aryl methyl sites for hydroxylation is 2. The van der Waals surface area contributed by atoms with Gasteiger partial charge in [0.25, 0.3) is 15.7 Å². The van der Waals surface area contributed by atoms with E-state index in [0.29, 0.717) is 24.2 Å². The molecule has 12 heteroatoms. The molecule has 2 aromatic carbocycles. The van der Waals surface area contributed by atoms with Crippen LogP contribution in [0.4, 0.5) is 30.2 Å². The molecule has 8 nitrogen and oxygen atoms in total. The summed E-state index contributed by atoms with van der Waals surface area (Å²) in [7, 11) is -4.09. The second kappa shape index (κ2) is 9.56. The van der Waals surface area contributed by atoms with Crippen molar-refractivity contribution < 1.29 is 26.5 Å². The fourth-order valence-electron chi connectivity index (χ4n) is 3.84. The average Bonchev–Trinajstić information content (AvgIpc) is 2.93. The maximum atomic E-state index is 12.9. The summed E-state index contributed by atoms with van der Waals surface area (Å²) in [6, 6.07) is 8.78. The first kappa shape index (κ1) is 24.8. The second-order valence-electron chi connectivity index (χ2n) is 8.06. The minimum absolute atomic E-state index is 0.0883. The lowest BCUT2D eigenvalue weighted by molar-refractivity contribution is -0.384. The Morgan fingerprint density at radius 1 is 1.06 bits per heavy atom. The highest BCUT2D eigenvalue weighted by atomic mass is 32.2. The highest BCUT2D eigenvalue weighted by Crippen LogP contribution is 2.32. The summed E-state index contributed by atoms with van der Waals surface area (Å²) in [5.41, 5.74) is 1.80. The second-order valence-corrected chi connectivity index (χ2v) is 9.75. The van der Waals surface area contributed by atoms with Crippen LogP contribution in [-0.4, -0.2) is 57.1 Å². The van der Waals surface area contributed by atoms with E-state index >= 15 is 0 Å². The largest absolute Gasteiger partial charge is 0.401 e. The van der Waals surface area contributed by atoms with Gasteiger partial charge in [0.1, 0.15) is 5.69 Å². The maximum absolute atomic E-state index is 12.9. The zero-order valence-corrected chi connectivity index (χ0v) is 19.0. The van der Waals surface area contributed by atoms with Gasteiger partial charge in [0, 0.05) is 32.2 Å². The lowest BCUT2D eigenvalue weighted by atomic mass is 10.1. The van der Waals surface area contributed by atoms with Crippen molar-refractivity contribution in [2.45, 2.75) is 31.3 Å². The first-order valence-corrected chi connectivity index (χ1v) is 11.8. The molecule has 1 fully saturated rings. The molecule has 0 aliphatic carbocycles. The third-order valence-electron chi connectivity index (χ3n) is 5.41. The number of benzene rings is 2. The van der Waals surface area contributed by atoms with Crippen LogP contribution in [0.5, 0.6) is 0 Å². The third-order valence-corrected chi connectivity index (χ3v) is 6.78. The number of rotatable bonds is 6. The SMILES string of the molecule is Cc1ccc(NS(=O)(=O)c2ccc(N3CCCN(CC(F)(F)F)CC3)c([N+](=O)[O-])c2)c(C)c1. The van der Waals surface area contributed by atoms with Crippen LogP contribution in [0.25, 0.3) is 0 Å². The molecule has 180 valence electrons. The van der Waals surface area contributed by atoms with Gasteiger partial charge in [-0.1, -0.05) is 17.7 Å². The molecule has 1 aliphatic heterocycles. The Morgan fingerprint density at radius 2 is 1.79 bits per heavy atom. The van der Waals surface area contributed by atoms with Crippen molar-refractivity contribution in [2.24, 2.45) is 0 Å². The molecule has 1 saturated heterocycles. The highest BCUT2D eigenvalue weighted by molar-refractivity contribution is 7.92. The summed E-state index contributed by atoms with van der Waals surface area (Å²) in [4.78, 5) is 13.7. The smallest absolute Gasteiger partial charge is 0.365 e. The summed E-state index contributed by atoms with van der Waals surface area (Å²) < 4.78 is 66.3. The normalized spacial score (nSPS) is 15.8. The molecular formula is C21H25F3N4O4S. The first-order valence-electron chi connectivity index (χ1n) is 10.3.